The lowest BCUT2D eigenvalue weighted by molar-refractivity contribution is 0.131. The SMILES string of the molecule is CCCCOCCNC(C)Cc1ccc(Br)cc1. The summed E-state index contributed by atoms with van der Waals surface area (Å²) in [5, 5.41) is 3.49. The fraction of sp³-hybridized carbons (Fsp3) is 0.600. The van der Waals surface area contributed by atoms with E-state index in [0.717, 1.165) is 37.1 Å². The molecule has 1 atom stereocenters. The van der Waals surface area contributed by atoms with Gasteiger partial charge >= 0.3 is 0 Å². The number of hydrogen-bond acceptors (Lipinski definition) is 2. The third kappa shape index (κ3) is 7.14. The zero-order valence-electron chi connectivity index (χ0n) is 11.4. The highest BCUT2D eigenvalue weighted by molar-refractivity contribution is 9.10. The summed E-state index contributed by atoms with van der Waals surface area (Å²) in [6, 6.07) is 9.01. The first kappa shape index (κ1) is 15.7. The highest BCUT2D eigenvalue weighted by Crippen LogP contribution is 2.11. The van der Waals surface area contributed by atoms with Gasteiger partial charge in [0.1, 0.15) is 0 Å². The van der Waals surface area contributed by atoms with Crippen LogP contribution in [0.1, 0.15) is 32.3 Å². The van der Waals surface area contributed by atoms with E-state index < -0.39 is 0 Å². The normalized spacial score (nSPS) is 12.6. The van der Waals surface area contributed by atoms with Crippen molar-refractivity contribution in [2.45, 2.75) is 39.2 Å². The van der Waals surface area contributed by atoms with Gasteiger partial charge in [-0.05, 0) is 37.5 Å². The first-order valence-electron chi connectivity index (χ1n) is 6.78. The Labute approximate surface area is 119 Å². The molecule has 1 aromatic carbocycles. The van der Waals surface area contributed by atoms with Gasteiger partial charge in [0.2, 0.25) is 0 Å². The van der Waals surface area contributed by atoms with Crippen LogP contribution in [0.3, 0.4) is 0 Å². The van der Waals surface area contributed by atoms with Crippen LogP contribution in [-0.4, -0.2) is 25.8 Å². The number of ether oxygens (including phenoxy) is 1. The minimum atomic E-state index is 0.487. The van der Waals surface area contributed by atoms with Crippen molar-refractivity contribution in [2.24, 2.45) is 0 Å². The maximum Gasteiger partial charge on any atom is 0.0591 e. The fourth-order valence-electron chi connectivity index (χ4n) is 1.77. The van der Waals surface area contributed by atoms with Gasteiger partial charge in [0, 0.05) is 23.7 Å². The van der Waals surface area contributed by atoms with Gasteiger partial charge in [-0.25, -0.2) is 0 Å². The first-order valence-corrected chi connectivity index (χ1v) is 7.57. The molecule has 0 fully saturated rings. The van der Waals surface area contributed by atoms with E-state index >= 15 is 0 Å². The largest absolute Gasteiger partial charge is 0.380 e. The van der Waals surface area contributed by atoms with Crippen molar-refractivity contribution in [1.82, 2.24) is 5.32 Å². The predicted molar refractivity (Wildman–Crippen MR) is 81.0 cm³/mol. The topological polar surface area (TPSA) is 21.3 Å². The zero-order valence-corrected chi connectivity index (χ0v) is 13.0. The van der Waals surface area contributed by atoms with Crippen molar-refractivity contribution < 1.29 is 4.74 Å². The number of halogens is 1. The Morgan fingerprint density at radius 2 is 1.94 bits per heavy atom. The average molecular weight is 314 g/mol. The lowest BCUT2D eigenvalue weighted by Crippen LogP contribution is -2.31. The van der Waals surface area contributed by atoms with Gasteiger partial charge in [0.15, 0.2) is 0 Å². The summed E-state index contributed by atoms with van der Waals surface area (Å²) in [6.45, 7) is 7.03. The summed E-state index contributed by atoms with van der Waals surface area (Å²) < 4.78 is 6.66. The quantitative estimate of drug-likeness (QED) is 0.700. The summed E-state index contributed by atoms with van der Waals surface area (Å²) in [5.74, 6) is 0. The van der Waals surface area contributed by atoms with Gasteiger partial charge in [-0.15, -0.1) is 0 Å². The Morgan fingerprint density at radius 3 is 2.61 bits per heavy atom. The Morgan fingerprint density at radius 1 is 1.22 bits per heavy atom. The lowest BCUT2D eigenvalue weighted by Gasteiger charge is -2.14. The van der Waals surface area contributed by atoms with Crippen molar-refractivity contribution in [3.8, 4) is 0 Å². The summed E-state index contributed by atoms with van der Waals surface area (Å²) in [4.78, 5) is 0. The van der Waals surface area contributed by atoms with Gasteiger partial charge in [0.25, 0.3) is 0 Å². The smallest absolute Gasteiger partial charge is 0.0591 e. The summed E-state index contributed by atoms with van der Waals surface area (Å²) in [6.07, 6.45) is 3.42. The molecule has 1 aromatic rings. The second-order valence-corrected chi connectivity index (χ2v) is 5.57. The second kappa shape index (κ2) is 9.54. The zero-order chi connectivity index (χ0) is 13.2. The van der Waals surface area contributed by atoms with Crippen molar-refractivity contribution in [3.63, 3.8) is 0 Å². The third-order valence-electron chi connectivity index (χ3n) is 2.84. The molecule has 0 radical (unpaired) electrons. The van der Waals surface area contributed by atoms with Crippen LogP contribution in [0.25, 0.3) is 0 Å². The Bertz CT molecular complexity index is 313. The number of benzene rings is 1. The van der Waals surface area contributed by atoms with E-state index in [9.17, 15) is 0 Å². The van der Waals surface area contributed by atoms with Crippen LogP contribution >= 0.6 is 15.9 Å². The molecule has 3 heteroatoms. The molecular formula is C15H24BrNO. The van der Waals surface area contributed by atoms with E-state index in [1.807, 2.05) is 0 Å². The molecule has 0 amide bonds. The number of unbranched alkanes of at least 4 members (excludes halogenated alkanes) is 1. The predicted octanol–water partition coefficient (Wildman–Crippen LogP) is 3.79. The van der Waals surface area contributed by atoms with Crippen LogP contribution in [0.5, 0.6) is 0 Å². The fourth-order valence-corrected chi connectivity index (χ4v) is 2.04. The maximum absolute atomic E-state index is 5.52. The van der Waals surface area contributed by atoms with Gasteiger partial charge in [-0.1, -0.05) is 41.4 Å². The Balaban J connectivity index is 2.10. The van der Waals surface area contributed by atoms with E-state index in [0.29, 0.717) is 6.04 Å². The number of rotatable bonds is 9. The summed E-state index contributed by atoms with van der Waals surface area (Å²) in [7, 11) is 0. The minimum absolute atomic E-state index is 0.487. The molecule has 0 saturated heterocycles. The molecule has 1 N–H and O–H groups in total. The minimum Gasteiger partial charge on any atom is -0.380 e. The van der Waals surface area contributed by atoms with Crippen LogP contribution in [0, 0.1) is 0 Å². The Kier molecular flexibility index (Phi) is 8.31. The molecule has 0 heterocycles. The molecule has 2 nitrogen and oxygen atoms in total. The number of nitrogens with one attached hydrogen (secondary N) is 1. The van der Waals surface area contributed by atoms with Gasteiger partial charge in [-0.2, -0.15) is 0 Å². The van der Waals surface area contributed by atoms with E-state index in [4.69, 9.17) is 4.74 Å². The molecule has 1 unspecified atom stereocenters. The highest BCUT2D eigenvalue weighted by Gasteiger charge is 2.02. The lowest BCUT2D eigenvalue weighted by atomic mass is 10.1. The van der Waals surface area contributed by atoms with Crippen LogP contribution in [0.2, 0.25) is 0 Å². The second-order valence-electron chi connectivity index (χ2n) is 4.65. The molecule has 0 aromatic heterocycles. The van der Waals surface area contributed by atoms with Crippen LogP contribution in [-0.2, 0) is 11.2 Å². The number of hydrogen-bond donors (Lipinski definition) is 1. The molecular weight excluding hydrogens is 290 g/mol. The van der Waals surface area contributed by atoms with Crippen molar-refractivity contribution >= 4 is 15.9 Å². The van der Waals surface area contributed by atoms with Gasteiger partial charge in [-0.3, -0.25) is 0 Å². The molecule has 0 aliphatic heterocycles. The molecule has 18 heavy (non-hydrogen) atoms. The Hall–Kier alpha value is -0.380. The van der Waals surface area contributed by atoms with Gasteiger partial charge < -0.3 is 10.1 Å². The molecule has 0 spiro atoms. The van der Waals surface area contributed by atoms with Gasteiger partial charge in [0.05, 0.1) is 6.61 Å². The van der Waals surface area contributed by atoms with E-state index in [-0.39, 0.29) is 0 Å². The summed E-state index contributed by atoms with van der Waals surface area (Å²) >= 11 is 3.45. The summed E-state index contributed by atoms with van der Waals surface area (Å²) in [5.41, 5.74) is 1.37. The average Bonchev–Trinajstić information content (AvgIpc) is 2.36. The molecule has 0 bridgehead atoms. The maximum atomic E-state index is 5.52. The van der Waals surface area contributed by atoms with E-state index in [1.165, 1.54) is 12.0 Å². The van der Waals surface area contributed by atoms with Crippen molar-refractivity contribution in [1.29, 1.82) is 0 Å². The van der Waals surface area contributed by atoms with Crippen LogP contribution in [0.15, 0.2) is 28.7 Å². The third-order valence-corrected chi connectivity index (χ3v) is 3.37. The standard InChI is InChI=1S/C15H24BrNO/c1-3-4-10-18-11-9-17-13(2)12-14-5-7-15(16)8-6-14/h5-8,13,17H,3-4,9-12H2,1-2H3. The highest BCUT2D eigenvalue weighted by atomic mass is 79.9. The molecule has 0 aliphatic carbocycles. The van der Waals surface area contributed by atoms with Crippen LogP contribution < -0.4 is 5.32 Å². The van der Waals surface area contributed by atoms with E-state index in [1.54, 1.807) is 0 Å². The van der Waals surface area contributed by atoms with E-state index in [2.05, 4.69) is 59.4 Å². The molecule has 1 rings (SSSR count). The first-order chi connectivity index (χ1) is 8.72. The van der Waals surface area contributed by atoms with Crippen LogP contribution in [0.4, 0.5) is 0 Å². The van der Waals surface area contributed by atoms with Crippen molar-refractivity contribution in [3.05, 3.63) is 34.3 Å². The van der Waals surface area contributed by atoms with Crippen molar-refractivity contribution in [2.75, 3.05) is 19.8 Å². The molecule has 0 aliphatic rings. The molecule has 102 valence electrons. The molecule has 0 saturated carbocycles. The monoisotopic (exact) mass is 313 g/mol.